The van der Waals surface area contributed by atoms with E-state index in [-0.39, 0.29) is 0 Å². The minimum Gasteiger partial charge on any atom is -0.383 e. The summed E-state index contributed by atoms with van der Waals surface area (Å²) in [5.41, 5.74) is 0. The van der Waals surface area contributed by atoms with Gasteiger partial charge in [-0.15, -0.1) is 0 Å². The van der Waals surface area contributed by atoms with E-state index in [4.69, 9.17) is 9.47 Å². The van der Waals surface area contributed by atoms with Crippen LogP contribution in [0.2, 0.25) is 0 Å². The zero-order valence-corrected chi connectivity index (χ0v) is 10.7. The van der Waals surface area contributed by atoms with Crippen LogP contribution in [0.15, 0.2) is 0 Å². The van der Waals surface area contributed by atoms with Gasteiger partial charge >= 0.3 is 0 Å². The smallest absolute Gasteiger partial charge is 0.0595 e. The Morgan fingerprint density at radius 3 is 2.56 bits per heavy atom. The van der Waals surface area contributed by atoms with Gasteiger partial charge in [0, 0.05) is 33.9 Å². The largest absolute Gasteiger partial charge is 0.383 e. The monoisotopic (exact) mass is 230 g/mol. The van der Waals surface area contributed by atoms with Gasteiger partial charge in [-0.1, -0.05) is 0 Å². The van der Waals surface area contributed by atoms with Crippen LogP contribution in [0.3, 0.4) is 0 Å². The standard InChI is InChI=1S/C12H26N2O2/c1-15-11-7-13-6-3-8-14-9-4-12(16-2)5-10-14/h12-13H,3-11H2,1-2H3. The maximum absolute atomic E-state index is 5.36. The van der Waals surface area contributed by atoms with Crippen LogP contribution in [-0.2, 0) is 9.47 Å². The molecule has 1 aliphatic rings. The van der Waals surface area contributed by atoms with Crippen LogP contribution in [0, 0.1) is 0 Å². The molecule has 1 saturated heterocycles. The third-order valence-corrected chi connectivity index (χ3v) is 3.18. The number of nitrogens with zero attached hydrogens (tertiary/aromatic N) is 1. The summed E-state index contributed by atoms with van der Waals surface area (Å²) >= 11 is 0. The molecule has 16 heavy (non-hydrogen) atoms. The molecule has 0 bridgehead atoms. The first-order chi connectivity index (χ1) is 7.86. The molecule has 0 aromatic rings. The number of hydrogen-bond acceptors (Lipinski definition) is 4. The number of piperidine rings is 1. The highest BCUT2D eigenvalue weighted by molar-refractivity contribution is 4.72. The van der Waals surface area contributed by atoms with Gasteiger partial charge in [0.2, 0.25) is 0 Å². The third kappa shape index (κ3) is 5.80. The molecule has 0 aromatic carbocycles. The summed E-state index contributed by atoms with van der Waals surface area (Å²) < 4.78 is 10.3. The predicted molar refractivity (Wildman–Crippen MR) is 65.8 cm³/mol. The molecule has 0 aromatic heterocycles. The average Bonchev–Trinajstić information content (AvgIpc) is 2.34. The second kappa shape index (κ2) is 8.93. The molecule has 1 rings (SSSR count). The molecule has 1 fully saturated rings. The zero-order valence-electron chi connectivity index (χ0n) is 10.7. The summed E-state index contributed by atoms with van der Waals surface area (Å²) in [6.45, 7) is 6.44. The molecule has 96 valence electrons. The molecular weight excluding hydrogens is 204 g/mol. The second-order valence-electron chi connectivity index (χ2n) is 4.37. The highest BCUT2D eigenvalue weighted by Gasteiger charge is 2.17. The lowest BCUT2D eigenvalue weighted by atomic mass is 10.1. The quantitative estimate of drug-likeness (QED) is 0.623. The molecule has 4 nitrogen and oxygen atoms in total. The van der Waals surface area contributed by atoms with Crippen molar-refractivity contribution in [2.24, 2.45) is 0 Å². The van der Waals surface area contributed by atoms with Crippen molar-refractivity contribution < 1.29 is 9.47 Å². The van der Waals surface area contributed by atoms with Crippen LogP contribution in [0.1, 0.15) is 19.3 Å². The van der Waals surface area contributed by atoms with E-state index in [1.54, 1.807) is 7.11 Å². The van der Waals surface area contributed by atoms with Crippen LogP contribution in [-0.4, -0.2) is 64.6 Å². The van der Waals surface area contributed by atoms with Gasteiger partial charge < -0.3 is 19.7 Å². The Hall–Kier alpha value is -0.160. The number of methoxy groups -OCH3 is 2. The first-order valence-corrected chi connectivity index (χ1v) is 6.31. The molecular formula is C12H26N2O2. The van der Waals surface area contributed by atoms with Gasteiger partial charge in [-0.05, 0) is 32.4 Å². The van der Waals surface area contributed by atoms with Crippen molar-refractivity contribution >= 4 is 0 Å². The number of nitrogens with one attached hydrogen (secondary N) is 1. The van der Waals surface area contributed by atoms with Gasteiger partial charge in [-0.3, -0.25) is 0 Å². The highest BCUT2D eigenvalue weighted by Crippen LogP contribution is 2.12. The van der Waals surface area contributed by atoms with Gasteiger partial charge in [0.1, 0.15) is 0 Å². The van der Waals surface area contributed by atoms with Gasteiger partial charge in [-0.25, -0.2) is 0 Å². The van der Waals surface area contributed by atoms with E-state index in [0.717, 1.165) is 19.7 Å². The topological polar surface area (TPSA) is 33.7 Å². The molecule has 0 atom stereocenters. The number of hydrogen-bond donors (Lipinski definition) is 1. The third-order valence-electron chi connectivity index (χ3n) is 3.18. The van der Waals surface area contributed by atoms with Gasteiger partial charge in [-0.2, -0.15) is 0 Å². The molecule has 1 N–H and O–H groups in total. The summed E-state index contributed by atoms with van der Waals surface area (Å²) in [5, 5.41) is 3.37. The van der Waals surface area contributed by atoms with Gasteiger partial charge in [0.15, 0.2) is 0 Å². The van der Waals surface area contributed by atoms with Crippen molar-refractivity contribution in [3.8, 4) is 0 Å². The van der Waals surface area contributed by atoms with Crippen molar-refractivity contribution in [1.82, 2.24) is 10.2 Å². The van der Waals surface area contributed by atoms with E-state index in [9.17, 15) is 0 Å². The Bertz CT molecular complexity index is 159. The molecule has 0 unspecified atom stereocenters. The Morgan fingerprint density at radius 1 is 1.19 bits per heavy atom. The Labute approximate surface area is 99.3 Å². The Balaban J connectivity index is 1.90. The lowest BCUT2D eigenvalue weighted by molar-refractivity contribution is 0.0408. The van der Waals surface area contributed by atoms with Crippen molar-refractivity contribution in [1.29, 1.82) is 0 Å². The zero-order chi connectivity index (χ0) is 11.6. The molecule has 0 saturated carbocycles. The SMILES string of the molecule is COCCNCCCN1CCC(OC)CC1. The summed E-state index contributed by atoms with van der Waals surface area (Å²) in [6, 6.07) is 0. The van der Waals surface area contributed by atoms with Gasteiger partial charge in [0.25, 0.3) is 0 Å². The molecule has 0 radical (unpaired) electrons. The summed E-state index contributed by atoms with van der Waals surface area (Å²) in [6.07, 6.45) is 4.10. The van der Waals surface area contributed by atoms with Crippen molar-refractivity contribution in [3.63, 3.8) is 0 Å². The predicted octanol–water partition coefficient (Wildman–Crippen LogP) is 0.723. The van der Waals surface area contributed by atoms with E-state index < -0.39 is 0 Å². The molecule has 0 spiro atoms. The van der Waals surface area contributed by atoms with Crippen LogP contribution in [0.25, 0.3) is 0 Å². The van der Waals surface area contributed by atoms with Crippen LogP contribution < -0.4 is 5.32 Å². The molecule has 4 heteroatoms. The lowest BCUT2D eigenvalue weighted by Crippen LogP contribution is -2.38. The van der Waals surface area contributed by atoms with Crippen LogP contribution in [0.4, 0.5) is 0 Å². The minimum absolute atomic E-state index is 0.496. The van der Waals surface area contributed by atoms with Crippen LogP contribution in [0.5, 0.6) is 0 Å². The fourth-order valence-corrected chi connectivity index (χ4v) is 2.10. The van der Waals surface area contributed by atoms with E-state index in [0.29, 0.717) is 6.10 Å². The van der Waals surface area contributed by atoms with E-state index in [2.05, 4.69) is 10.2 Å². The first kappa shape index (κ1) is 13.9. The molecule has 1 heterocycles. The number of likely N-dealkylation sites (tertiary alicyclic amines) is 1. The van der Waals surface area contributed by atoms with E-state index in [1.807, 2.05) is 7.11 Å². The second-order valence-corrected chi connectivity index (χ2v) is 4.37. The van der Waals surface area contributed by atoms with Crippen LogP contribution >= 0.6 is 0 Å². The Kier molecular flexibility index (Phi) is 7.76. The maximum atomic E-state index is 5.36. The maximum Gasteiger partial charge on any atom is 0.0595 e. The Morgan fingerprint density at radius 2 is 1.94 bits per heavy atom. The van der Waals surface area contributed by atoms with E-state index in [1.165, 1.54) is 38.9 Å². The fourth-order valence-electron chi connectivity index (χ4n) is 2.10. The fraction of sp³-hybridized carbons (Fsp3) is 1.00. The van der Waals surface area contributed by atoms with E-state index >= 15 is 0 Å². The van der Waals surface area contributed by atoms with Crippen molar-refractivity contribution in [2.75, 3.05) is 53.6 Å². The summed E-state index contributed by atoms with van der Waals surface area (Å²) in [7, 11) is 3.56. The van der Waals surface area contributed by atoms with Crippen molar-refractivity contribution in [3.05, 3.63) is 0 Å². The minimum atomic E-state index is 0.496. The lowest BCUT2D eigenvalue weighted by Gasteiger charge is -2.31. The average molecular weight is 230 g/mol. The first-order valence-electron chi connectivity index (χ1n) is 6.31. The van der Waals surface area contributed by atoms with Crippen molar-refractivity contribution in [2.45, 2.75) is 25.4 Å². The molecule has 0 amide bonds. The summed E-state index contributed by atoms with van der Waals surface area (Å²) in [4.78, 5) is 2.54. The number of ether oxygens (including phenoxy) is 2. The molecule has 1 aliphatic heterocycles. The number of rotatable bonds is 8. The normalized spacial score (nSPS) is 19.1. The highest BCUT2D eigenvalue weighted by atomic mass is 16.5. The van der Waals surface area contributed by atoms with Gasteiger partial charge in [0.05, 0.1) is 12.7 Å². The summed E-state index contributed by atoms with van der Waals surface area (Å²) in [5.74, 6) is 0. The molecule has 0 aliphatic carbocycles.